The highest BCUT2D eigenvalue weighted by Crippen LogP contribution is 2.28. The molecule has 1 aliphatic heterocycles. The number of hydrogen-bond donors (Lipinski definition) is 1. The van der Waals surface area contributed by atoms with E-state index in [1.807, 2.05) is 42.5 Å². The highest BCUT2D eigenvalue weighted by molar-refractivity contribution is 7.89. The molecule has 0 radical (unpaired) electrons. The Labute approximate surface area is 186 Å². The predicted molar refractivity (Wildman–Crippen MR) is 121 cm³/mol. The lowest BCUT2D eigenvalue weighted by atomic mass is 10.1. The number of hydrogen-bond acceptors (Lipinski definition) is 4. The molecule has 1 fully saturated rings. The van der Waals surface area contributed by atoms with Crippen LogP contribution in [0.2, 0.25) is 5.02 Å². The number of sulfonamides is 1. The second kappa shape index (κ2) is 9.26. The summed E-state index contributed by atoms with van der Waals surface area (Å²) in [6.07, 6.45) is 1.66. The monoisotopic (exact) mass is 458 g/mol. The summed E-state index contributed by atoms with van der Waals surface area (Å²) in [6, 6.07) is 18.1. The minimum atomic E-state index is -3.71. The lowest BCUT2D eigenvalue weighted by Gasteiger charge is -2.17. The van der Waals surface area contributed by atoms with Gasteiger partial charge in [0.1, 0.15) is 17.3 Å². The Kier molecular flexibility index (Phi) is 6.46. The normalized spacial score (nSPS) is 14.6. The number of amides is 1. The molecular formula is C23H23ClN2O4S. The van der Waals surface area contributed by atoms with Gasteiger partial charge in [-0.25, -0.2) is 8.42 Å². The summed E-state index contributed by atoms with van der Waals surface area (Å²) in [4.78, 5) is 12.5. The lowest BCUT2D eigenvalue weighted by molar-refractivity contribution is 0.0947. The van der Waals surface area contributed by atoms with Gasteiger partial charge >= 0.3 is 0 Å². The van der Waals surface area contributed by atoms with Crippen LogP contribution in [0, 0.1) is 0 Å². The molecular weight excluding hydrogens is 436 g/mol. The van der Waals surface area contributed by atoms with E-state index in [1.54, 1.807) is 0 Å². The third-order valence-corrected chi connectivity index (χ3v) is 7.63. The molecule has 1 heterocycles. The van der Waals surface area contributed by atoms with Gasteiger partial charge < -0.3 is 10.1 Å². The van der Waals surface area contributed by atoms with Crippen LogP contribution in [-0.4, -0.2) is 44.9 Å². The first-order valence-corrected chi connectivity index (χ1v) is 12.0. The molecule has 0 aromatic heterocycles. The zero-order valence-corrected chi connectivity index (χ0v) is 18.5. The van der Waals surface area contributed by atoms with E-state index in [9.17, 15) is 13.2 Å². The topological polar surface area (TPSA) is 75.7 Å². The van der Waals surface area contributed by atoms with Crippen molar-refractivity contribution in [3.8, 4) is 5.75 Å². The van der Waals surface area contributed by atoms with Gasteiger partial charge in [-0.3, -0.25) is 4.79 Å². The molecule has 0 aliphatic carbocycles. The molecule has 0 spiro atoms. The van der Waals surface area contributed by atoms with E-state index >= 15 is 0 Å². The van der Waals surface area contributed by atoms with Crippen molar-refractivity contribution in [3.05, 3.63) is 71.2 Å². The maximum atomic E-state index is 12.8. The standard InChI is InChI=1S/C23H23ClN2O4S/c24-21-10-8-19(16-22(21)31(28,29)26-12-3-4-13-26)23(27)25-11-14-30-20-9-7-17-5-1-2-6-18(17)15-20/h1-2,5-10,15-16H,3-4,11-14H2,(H,25,27). The Balaban J connectivity index is 1.37. The fourth-order valence-electron chi connectivity index (χ4n) is 3.60. The Morgan fingerprint density at radius 1 is 1.00 bits per heavy atom. The highest BCUT2D eigenvalue weighted by atomic mass is 35.5. The summed E-state index contributed by atoms with van der Waals surface area (Å²) in [6.45, 7) is 1.52. The van der Waals surface area contributed by atoms with Gasteiger partial charge in [0.05, 0.1) is 11.6 Å². The molecule has 0 bridgehead atoms. The molecule has 0 atom stereocenters. The number of nitrogens with one attached hydrogen (secondary N) is 1. The predicted octanol–water partition coefficient (Wildman–Crippen LogP) is 4.09. The van der Waals surface area contributed by atoms with Crippen LogP contribution in [0.3, 0.4) is 0 Å². The van der Waals surface area contributed by atoms with E-state index in [0.29, 0.717) is 13.1 Å². The lowest BCUT2D eigenvalue weighted by Crippen LogP contribution is -2.30. The summed E-state index contributed by atoms with van der Waals surface area (Å²) in [5.41, 5.74) is 0.243. The van der Waals surface area contributed by atoms with E-state index in [2.05, 4.69) is 5.32 Å². The smallest absolute Gasteiger partial charge is 0.251 e. The van der Waals surface area contributed by atoms with Crippen molar-refractivity contribution in [3.63, 3.8) is 0 Å². The summed E-state index contributed by atoms with van der Waals surface area (Å²) in [7, 11) is -3.71. The van der Waals surface area contributed by atoms with Crippen LogP contribution in [0.4, 0.5) is 0 Å². The molecule has 162 valence electrons. The molecule has 1 aliphatic rings. The van der Waals surface area contributed by atoms with Crippen LogP contribution in [0.1, 0.15) is 23.2 Å². The van der Waals surface area contributed by atoms with Crippen molar-refractivity contribution in [1.82, 2.24) is 9.62 Å². The third-order valence-electron chi connectivity index (χ3n) is 5.25. The van der Waals surface area contributed by atoms with Crippen molar-refractivity contribution < 1.29 is 17.9 Å². The maximum Gasteiger partial charge on any atom is 0.251 e. The number of fused-ring (bicyclic) bond motifs is 1. The Bertz CT molecular complexity index is 1210. The van der Waals surface area contributed by atoms with Gasteiger partial charge in [-0.2, -0.15) is 4.31 Å². The Morgan fingerprint density at radius 3 is 2.52 bits per heavy atom. The van der Waals surface area contributed by atoms with Crippen LogP contribution >= 0.6 is 11.6 Å². The number of benzene rings is 3. The second-order valence-electron chi connectivity index (χ2n) is 7.37. The molecule has 3 aromatic rings. The minimum Gasteiger partial charge on any atom is -0.492 e. The molecule has 1 N–H and O–H groups in total. The van der Waals surface area contributed by atoms with Gasteiger partial charge in [0.15, 0.2) is 0 Å². The summed E-state index contributed by atoms with van der Waals surface area (Å²) < 4.78 is 32.8. The largest absolute Gasteiger partial charge is 0.492 e. The third kappa shape index (κ3) is 4.84. The van der Waals surface area contributed by atoms with Crippen molar-refractivity contribution >= 4 is 38.3 Å². The zero-order chi connectivity index (χ0) is 21.8. The van der Waals surface area contributed by atoms with Crippen molar-refractivity contribution in [2.24, 2.45) is 0 Å². The number of nitrogens with zero attached hydrogens (tertiary/aromatic N) is 1. The molecule has 0 unspecified atom stereocenters. The fourth-order valence-corrected chi connectivity index (χ4v) is 5.62. The van der Waals surface area contributed by atoms with E-state index in [0.717, 1.165) is 29.4 Å². The molecule has 6 nitrogen and oxygen atoms in total. The van der Waals surface area contributed by atoms with E-state index < -0.39 is 10.0 Å². The van der Waals surface area contributed by atoms with Crippen LogP contribution in [-0.2, 0) is 10.0 Å². The quantitative estimate of drug-likeness (QED) is 0.541. The van der Waals surface area contributed by atoms with Crippen LogP contribution in [0.15, 0.2) is 65.6 Å². The average molecular weight is 459 g/mol. The number of halogens is 1. The van der Waals surface area contributed by atoms with Gasteiger partial charge in [0.25, 0.3) is 5.91 Å². The van der Waals surface area contributed by atoms with Crippen molar-refractivity contribution in [2.75, 3.05) is 26.2 Å². The van der Waals surface area contributed by atoms with Gasteiger partial charge in [-0.15, -0.1) is 0 Å². The molecule has 8 heteroatoms. The number of ether oxygens (including phenoxy) is 1. The molecule has 0 saturated carbocycles. The highest BCUT2D eigenvalue weighted by Gasteiger charge is 2.29. The van der Waals surface area contributed by atoms with Gasteiger partial charge in [0, 0.05) is 18.7 Å². The minimum absolute atomic E-state index is 0.0314. The molecule has 31 heavy (non-hydrogen) atoms. The number of rotatable bonds is 7. The van der Waals surface area contributed by atoms with E-state index in [1.165, 1.54) is 22.5 Å². The van der Waals surface area contributed by atoms with Crippen molar-refractivity contribution in [1.29, 1.82) is 0 Å². The Morgan fingerprint density at radius 2 is 1.74 bits per heavy atom. The van der Waals surface area contributed by atoms with Crippen molar-refractivity contribution in [2.45, 2.75) is 17.7 Å². The molecule has 4 rings (SSSR count). The van der Waals surface area contributed by atoms with Gasteiger partial charge in [-0.1, -0.05) is 41.9 Å². The number of carbonyl (C=O) groups is 1. The first-order chi connectivity index (χ1) is 14.9. The second-order valence-corrected chi connectivity index (χ2v) is 9.68. The summed E-state index contributed by atoms with van der Waals surface area (Å²) in [5, 5.41) is 5.08. The van der Waals surface area contributed by atoms with Crippen LogP contribution in [0.25, 0.3) is 10.8 Å². The van der Waals surface area contributed by atoms with Gasteiger partial charge in [-0.05, 0) is 53.9 Å². The molecule has 3 aromatic carbocycles. The zero-order valence-electron chi connectivity index (χ0n) is 16.9. The first kappa shape index (κ1) is 21.6. The first-order valence-electron chi connectivity index (χ1n) is 10.1. The fraction of sp³-hybridized carbons (Fsp3) is 0.261. The van der Waals surface area contributed by atoms with E-state index in [4.69, 9.17) is 16.3 Å². The molecule has 1 saturated heterocycles. The summed E-state index contributed by atoms with van der Waals surface area (Å²) >= 11 is 6.14. The number of carbonyl (C=O) groups excluding carboxylic acids is 1. The average Bonchev–Trinajstić information content (AvgIpc) is 3.32. The Hall–Kier alpha value is -2.61. The van der Waals surface area contributed by atoms with Crippen LogP contribution in [0.5, 0.6) is 5.75 Å². The van der Waals surface area contributed by atoms with E-state index in [-0.39, 0.29) is 34.5 Å². The summed E-state index contributed by atoms with van der Waals surface area (Å²) in [5.74, 6) is 0.343. The molecule has 1 amide bonds. The van der Waals surface area contributed by atoms with Gasteiger partial charge in [0.2, 0.25) is 10.0 Å². The van der Waals surface area contributed by atoms with Crippen LogP contribution < -0.4 is 10.1 Å². The maximum absolute atomic E-state index is 12.8. The SMILES string of the molecule is O=C(NCCOc1ccc2ccccc2c1)c1ccc(Cl)c(S(=O)(=O)N2CCCC2)c1.